The molecule has 2 aliphatic heterocycles. The summed E-state index contributed by atoms with van der Waals surface area (Å²) >= 11 is 0. The molecule has 2 aliphatic rings. The number of anilines is 1. The van der Waals surface area contributed by atoms with E-state index >= 15 is 0 Å². The second-order valence-electron chi connectivity index (χ2n) is 6.67. The van der Waals surface area contributed by atoms with E-state index in [4.69, 9.17) is 0 Å². The molecule has 1 fully saturated rings. The van der Waals surface area contributed by atoms with E-state index in [1.54, 1.807) is 29.2 Å². The lowest BCUT2D eigenvalue weighted by atomic mass is 10.1. The van der Waals surface area contributed by atoms with Crippen molar-refractivity contribution < 1.29 is 19.4 Å². The third kappa shape index (κ3) is 3.28. The molecule has 3 amide bonds. The van der Waals surface area contributed by atoms with Gasteiger partial charge in [0.15, 0.2) is 0 Å². The van der Waals surface area contributed by atoms with E-state index in [2.05, 4.69) is 9.88 Å². The number of benzene rings is 1. The number of hydrogen-bond donors (Lipinski definition) is 0. The smallest absolute Gasteiger partial charge is 0.274 e. The van der Waals surface area contributed by atoms with Crippen LogP contribution in [0.1, 0.15) is 27.1 Å². The van der Waals surface area contributed by atoms with Gasteiger partial charge in [-0.2, -0.15) is 0 Å². The minimum absolute atomic E-state index is 0.0248. The minimum Gasteiger partial charge on any atom is -0.335 e. The molecule has 1 aromatic carbocycles. The molecule has 3 heterocycles. The van der Waals surface area contributed by atoms with E-state index in [9.17, 15) is 14.4 Å². The molecule has 0 spiro atoms. The predicted octanol–water partition coefficient (Wildman–Crippen LogP) is 0.836. The van der Waals surface area contributed by atoms with Crippen LogP contribution in [0.5, 0.6) is 0 Å². The number of carbonyl (C=O) groups excluding carboxylic acids is 3. The van der Waals surface area contributed by atoms with E-state index in [1.165, 1.54) is 4.90 Å². The Labute approximate surface area is 157 Å². The molecule has 0 saturated carbocycles. The Bertz CT molecular complexity index is 841. The summed E-state index contributed by atoms with van der Waals surface area (Å²) in [7, 11) is 0. The first kappa shape index (κ1) is 17.2. The topological polar surface area (TPSA) is 75.1 Å². The largest absolute Gasteiger partial charge is 0.335 e. The fraction of sp³-hybridized carbons (Fsp3) is 0.300. The number of fused-ring (bicyclic) bond motifs is 1. The maximum absolute atomic E-state index is 12.5. The Morgan fingerprint density at radius 2 is 1.52 bits per heavy atom. The van der Waals surface area contributed by atoms with Gasteiger partial charge < -0.3 is 4.90 Å². The first-order chi connectivity index (χ1) is 13.1. The number of H-pyrrole nitrogens is 1. The van der Waals surface area contributed by atoms with Crippen LogP contribution in [0, 0.1) is 0 Å². The van der Waals surface area contributed by atoms with Gasteiger partial charge in [0, 0.05) is 19.0 Å². The fourth-order valence-corrected chi connectivity index (χ4v) is 3.59. The average molecular weight is 365 g/mol. The summed E-state index contributed by atoms with van der Waals surface area (Å²) < 4.78 is 0. The Kier molecular flexibility index (Phi) is 4.58. The van der Waals surface area contributed by atoms with Gasteiger partial charge in [-0.3, -0.25) is 24.2 Å². The van der Waals surface area contributed by atoms with Crippen molar-refractivity contribution in [3.63, 3.8) is 0 Å². The van der Waals surface area contributed by atoms with Gasteiger partial charge in [0.25, 0.3) is 17.6 Å². The molecule has 2 aromatic rings. The lowest BCUT2D eigenvalue weighted by Crippen LogP contribution is -2.50. The van der Waals surface area contributed by atoms with Crippen LogP contribution in [0.4, 0.5) is 5.82 Å². The van der Waals surface area contributed by atoms with Gasteiger partial charge in [0.2, 0.25) is 5.91 Å². The van der Waals surface area contributed by atoms with Crippen LogP contribution >= 0.6 is 0 Å². The van der Waals surface area contributed by atoms with Crippen molar-refractivity contribution >= 4 is 23.5 Å². The zero-order valence-electron chi connectivity index (χ0n) is 14.9. The monoisotopic (exact) mass is 365 g/mol. The molecule has 0 bridgehead atoms. The summed E-state index contributed by atoms with van der Waals surface area (Å²) in [5, 5.41) is 0. The molecule has 0 unspecified atom stereocenters. The molecule has 1 saturated heterocycles. The van der Waals surface area contributed by atoms with E-state index in [0.29, 0.717) is 24.2 Å². The molecule has 138 valence electrons. The number of aromatic amines is 1. The predicted molar refractivity (Wildman–Crippen MR) is 98.2 cm³/mol. The Morgan fingerprint density at radius 1 is 0.889 bits per heavy atom. The van der Waals surface area contributed by atoms with Crippen molar-refractivity contribution in [2.24, 2.45) is 0 Å². The number of amides is 3. The standard InChI is InChI=1S/C20H20N4O3/c25-18(23-13-11-22(12-14-23)17-7-3-4-9-21-17)8-10-24-19(26)15-5-1-2-6-16(15)20(24)27/h1-7,9H,8,10-14H2/p+1. The van der Waals surface area contributed by atoms with Crippen molar-refractivity contribution in [1.29, 1.82) is 0 Å². The molecule has 0 radical (unpaired) electrons. The summed E-state index contributed by atoms with van der Waals surface area (Å²) in [5.41, 5.74) is 0.838. The Hall–Kier alpha value is -3.22. The van der Waals surface area contributed by atoms with Crippen LogP contribution in [0.25, 0.3) is 0 Å². The van der Waals surface area contributed by atoms with Crippen molar-refractivity contribution in [3.05, 3.63) is 59.8 Å². The molecule has 1 aromatic heterocycles. The Balaban J connectivity index is 1.31. The maximum atomic E-state index is 12.5. The van der Waals surface area contributed by atoms with Gasteiger partial charge in [0.05, 0.1) is 30.4 Å². The molecule has 0 aliphatic carbocycles. The van der Waals surface area contributed by atoms with Gasteiger partial charge in [-0.25, -0.2) is 4.98 Å². The summed E-state index contributed by atoms with van der Waals surface area (Å²) in [6.07, 6.45) is 2.04. The Morgan fingerprint density at radius 3 is 2.11 bits per heavy atom. The maximum Gasteiger partial charge on any atom is 0.274 e. The average Bonchev–Trinajstić information content (AvgIpc) is 2.97. The molecular formula is C20H21N4O3+. The zero-order valence-corrected chi connectivity index (χ0v) is 14.9. The van der Waals surface area contributed by atoms with Gasteiger partial charge in [-0.15, -0.1) is 0 Å². The number of nitrogens with zero attached hydrogens (tertiary/aromatic N) is 3. The van der Waals surface area contributed by atoms with Crippen LogP contribution in [-0.2, 0) is 4.79 Å². The number of aromatic nitrogens is 1. The first-order valence-electron chi connectivity index (χ1n) is 9.10. The van der Waals surface area contributed by atoms with Crippen molar-refractivity contribution in [2.45, 2.75) is 6.42 Å². The highest BCUT2D eigenvalue weighted by molar-refractivity contribution is 6.21. The second kappa shape index (κ2) is 7.19. The number of piperazine rings is 1. The fourth-order valence-electron chi connectivity index (χ4n) is 3.59. The molecule has 7 heteroatoms. The lowest BCUT2D eigenvalue weighted by molar-refractivity contribution is -0.364. The zero-order chi connectivity index (χ0) is 18.8. The third-order valence-electron chi connectivity index (χ3n) is 5.09. The van der Waals surface area contributed by atoms with Gasteiger partial charge in [-0.1, -0.05) is 18.2 Å². The summed E-state index contributed by atoms with van der Waals surface area (Å²) in [5.74, 6) is 0.388. The molecule has 27 heavy (non-hydrogen) atoms. The first-order valence-corrected chi connectivity index (χ1v) is 9.10. The third-order valence-corrected chi connectivity index (χ3v) is 5.09. The summed E-state index contributed by atoms with van der Waals surface area (Å²) in [6.45, 7) is 2.88. The van der Waals surface area contributed by atoms with Crippen LogP contribution in [0.3, 0.4) is 0 Å². The summed E-state index contributed by atoms with van der Waals surface area (Å²) in [6, 6.07) is 12.7. The van der Waals surface area contributed by atoms with Crippen LogP contribution < -0.4 is 9.88 Å². The lowest BCUT2D eigenvalue weighted by Gasteiger charge is -2.31. The van der Waals surface area contributed by atoms with Crippen LogP contribution in [-0.4, -0.2) is 60.2 Å². The number of pyridine rings is 1. The minimum atomic E-state index is -0.312. The van der Waals surface area contributed by atoms with E-state index < -0.39 is 0 Å². The molecule has 1 N–H and O–H groups in total. The summed E-state index contributed by atoms with van der Waals surface area (Å²) in [4.78, 5) is 45.7. The number of rotatable bonds is 4. The highest BCUT2D eigenvalue weighted by atomic mass is 16.2. The normalized spacial score (nSPS) is 16.7. The van der Waals surface area contributed by atoms with Crippen LogP contribution in [0.2, 0.25) is 0 Å². The molecule has 4 rings (SSSR count). The van der Waals surface area contributed by atoms with Gasteiger partial charge in [0.1, 0.15) is 13.1 Å². The number of imide groups is 1. The van der Waals surface area contributed by atoms with Crippen LogP contribution in [0.15, 0.2) is 48.7 Å². The SMILES string of the molecule is O=C(CCN1C(=O)c2ccccc2C1=O)N1CCN(c2cccc[nH+]2)CC1. The second-order valence-corrected chi connectivity index (χ2v) is 6.67. The van der Waals surface area contributed by atoms with Crippen molar-refractivity contribution in [3.8, 4) is 0 Å². The molecule has 0 atom stereocenters. The van der Waals surface area contributed by atoms with E-state index in [1.807, 2.05) is 24.4 Å². The van der Waals surface area contributed by atoms with Crippen molar-refractivity contribution in [2.75, 3.05) is 37.6 Å². The van der Waals surface area contributed by atoms with E-state index in [-0.39, 0.29) is 30.7 Å². The highest BCUT2D eigenvalue weighted by Crippen LogP contribution is 2.22. The highest BCUT2D eigenvalue weighted by Gasteiger charge is 2.35. The molecule has 7 nitrogen and oxygen atoms in total. The number of nitrogens with one attached hydrogen (secondary N) is 1. The van der Waals surface area contributed by atoms with E-state index in [0.717, 1.165) is 18.9 Å². The number of hydrogen-bond acceptors (Lipinski definition) is 4. The van der Waals surface area contributed by atoms with Gasteiger partial charge >= 0.3 is 0 Å². The number of carbonyl (C=O) groups is 3. The molecular weight excluding hydrogens is 344 g/mol. The van der Waals surface area contributed by atoms with Gasteiger partial charge in [-0.05, 0) is 18.2 Å². The van der Waals surface area contributed by atoms with Crippen molar-refractivity contribution in [1.82, 2.24) is 9.80 Å². The quantitative estimate of drug-likeness (QED) is 0.753.